The number of nitrogens with one attached hydrogen (secondary N) is 1. The molecule has 0 bridgehead atoms. The van der Waals surface area contributed by atoms with Gasteiger partial charge in [-0.05, 0) is 61.3 Å². The molecule has 0 aliphatic carbocycles. The van der Waals surface area contributed by atoms with Gasteiger partial charge >= 0.3 is 0 Å². The highest BCUT2D eigenvalue weighted by Gasteiger charge is 2.21. The Morgan fingerprint density at radius 1 is 1.03 bits per heavy atom. The third kappa shape index (κ3) is 6.55. The zero-order chi connectivity index (χ0) is 21.6. The van der Waals surface area contributed by atoms with Crippen molar-refractivity contribution in [1.29, 1.82) is 0 Å². The maximum atomic E-state index is 12.6. The molecule has 1 saturated heterocycles. The highest BCUT2D eigenvalue weighted by Crippen LogP contribution is 2.21. The molecule has 1 N–H and O–H groups in total. The second-order valence-electron chi connectivity index (χ2n) is 7.63. The summed E-state index contributed by atoms with van der Waals surface area (Å²) in [5.41, 5.74) is 2.72. The van der Waals surface area contributed by atoms with Gasteiger partial charge in [-0.15, -0.1) is 0 Å². The molecule has 1 fully saturated rings. The fourth-order valence-corrected chi connectivity index (χ4v) is 4.75. The number of amides is 1. The summed E-state index contributed by atoms with van der Waals surface area (Å²) in [4.78, 5) is 15.0. The third-order valence-corrected chi connectivity index (χ3v) is 6.91. The van der Waals surface area contributed by atoms with Crippen molar-refractivity contribution in [3.05, 3.63) is 64.1 Å². The number of halogens is 1. The standard InChI is InChI=1S/C22H28BrN3O3S/c1-30(28,29)26(21-11-9-20(23)10-12-21)17-22(27)24-15-18-7-3-4-8-19(18)16-25-13-5-2-6-14-25/h3-4,7-12H,2,5-6,13-17H2,1H3,(H,24,27). The molecule has 3 rings (SSSR count). The number of benzene rings is 2. The Hall–Kier alpha value is -1.90. The van der Waals surface area contributed by atoms with Crippen molar-refractivity contribution in [2.75, 3.05) is 30.2 Å². The van der Waals surface area contributed by atoms with Gasteiger partial charge in [0.1, 0.15) is 6.54 Å². The molecule has 1 amide bonds. The van der Waals surface area contributed by atoms with Crippen molar-refractivity contribution < 1.29 is 13.2 Å². The van der Waals surface area contributed by atoms with Crippen LogP contribution >= 0.6 is 15.9 Å². The SMILES string of the molecule is CS(=O)(=O)N(CC(=O)NCc1ccccc1CN1CCCCC1)c1ccc(Br)cc1. The largest absolute Gasteiger partial charge is 0.350 e. The van der Waals surface area contributed by atoms with Crippen LogP contribution in [0.1, 0.15) is 30.4 Å². The van der Waals surface area contributed by atoms with Gasteiger partial charge in [0.2, 0.25) is 15.9 Å². The first kappa shape index (κ1) is 22.8. The van der Waals surface area contributed by atoms with E-state index in [-0.39, 0.29) is 12.5 Å². The van der Waals surface area contributed by atoms with E-state index in [1.807, 2.05) is 18.2 Å². The summed E-state index contributed by atoms with van der Waals surface area (Å²) in [7, 11) is -3.59. The fraction of sp³-hybridized carbons (Fsp3) is 0.409. The Balaban J connectivity index is 1.64. The smallest absolute Gasteiger partial charge is 0.241 e. The number of rotatable bonds is 8. The molecule has 2 aromatic rings. The molecule has 0 atom stereocenters. The van der Waals surface area contributed by atoms with Crippen LogP contribution in [0.25, 0.3) is 0 Å². The first-order valence-electron chi connectivity index (χ1n) is 10.1. The molecule has 0 aromatic heterocycles. The van der Waals surface area contributed by atoms with Gasteiger partial charge in [-0.2, -0.15) is 0 Å². The molecule has 0 spiro atoms. The van der Waals surface area contributed by atoms with Gasteiger partial charge in [-0.3, -0.25) is 14.0 Å². The van der Waals surface area contributed by atoms with E-state index in [0.717, 1.165) is 40.2 Å². The van der Waals surface area contributed by atoms with E-state index in [1.54, 1.807) is 24.3 Å². The van der Waals surface area contributed by atoms with E-state index < -0.39 is 10.0 Å². The quantitative estimate of drug-likeness (QED) is 0.610. The summed E-state index contributed by atoms with van der Waals surface area (Å²) in [6, 6.07) is 14.9. The summed E-state index contributed by atoms with van der Waals surface area (Å²) >= 11 is 3.34. The molecule has 0 radical (unpaired) electrons. The first-order valence-corrected chi connectivity index (χ1v) is 12.8. The van der Waals surface area contributed by atoms with Gasteiger partial charge < -0.3 is 5.32 Å². The molecule has 6 nitrogen and oxygen atoms in total. The Kier molecular flexibility index (Phi) is 7.91. The second kappa shape index (κ2) is 10.4. The van der Waals surface area contributed by atoms with Crippen LogP contribution in [0.3, 0.4) is 0 Å². The summed E-state index contributed by atoms with van der Waals surface area (Å²) in [5, 5.41) is 2.89. The van der Waals surface area contributed by atoms with Gasteiger partial charge in [0.05, 0.1) is 11.9 Å². The zero-order valence-corrected chi connectivity index (χ0v) is 19.6. The highest BCUT2D eigenvalue weighted by atomic mass is 79.9. The van der Waals surface area contributed by atoms with Crippen LogP contribution < -0.4 is 9.62 Å². The van der Waals surface area contributed by atoms with Crippen molar-refractivity contribution in [2.24, 2.45) is 0 Å². The van der Waals surface area contributed by atoms with Crippen LogP contribution in [0.4, 0.5) is 5.69 Å². The number of carbonyl (C=O) groups excluding carboxylic acids is 1. The molecule has 162 valence electrons. The predicted molar refractivity (Wildman–Crippen MR) is 124 cm³/mol. The van der Waals surface area contributed by atoms with Crippen molar-refractivity contribution in [3.8, 4) is 0 Å². The molecular formula is C22H28BrN3O3S. The van der Waals surface area contributed by atoms with Crippen LogP contribution in [-0.4, -0.2) is 45.1 Å². The summed E-state index contributed by atoms with van der Waals surface area (Å²) in [6.07, 6.45) is 4.87. The summed E-state index contributed by atoms with van der Waals surface area (Å²) < 4.78 is 26.4. The molecule has 0 unspecified atom stereocenters. The Morgan fingerprint density at radius 2 is 1.67 bits per heavy atom. The third-order valence-electron chi connectivity index (χ3n) is 5.24. The van der Waals surface area contributed by atoms with Crippen molar-refractivity contribution in [3.63, 3.8) is 0 Å². The number of piperidine rings is 1. The summed E-state index contributed by atoms with van der Waals surface area (Å²) in [5.74, 6) is -0.337. The van der Waals surface area contributed by atoms with E-state index in [2.05, 4.69) is 32.2 Å². The van der Waals surface area contributed by atoms with Crippen LogP contribution in [-0.2, 0) is 27.9 Å². The normalized spacial score (nSPS) is 15.0. The zero-order valence-electron chi connectivity index (χ0n) is 17.2. The Bertz CT molecular complexity index is 958. The van der Waals surface area contributed by atoms with Crippen molar-refractivity contribution >= 4 is 37.5 Å². The van der Waals surface area contributed by atoms with Crippen molar-refractivity contribution in [2.45, 2.75) is 32.4 Å². The van der Waals surface area contributed by atoms with E-state index in [9.17, 15) is 13.2 Å². The van der Waals surface area contributed by atoms with Crippen LogP contribution in [0.2, 0.25) is 0 Å². The van der Waals surface area contributed by atoms with E-state index in [0.29, 0.717) is 12.2 Å². The van der Waals surface area contributed by atoms with Crippen LogP contribution in [0.15, 0.2) is 53.0 Å². The number of hydrogen-bond donors (Lipinski definition) is 1. The van der Waals surface area contributed by atoms with Gasteiger partial charge in [-0.1, -0.05) is 46.6 Å². The monoisotopic (exact) mass is 493 g/mol. The molecular weight excluding hydrogens is 466 g/mol. The lowest BCUT2D eigenvalue weighted by atomic mass is 10.0. The molecule has 2 aromatic carbocycles. The topological polar surface area (TPSA) is 69.7 Å². The highest BCUT2D eigenvalue weighted by molar-refractivity contribution is 9.10. The van der Waals surface area contributed by atoms with E-state index >= 15 is 0 Å². The number of carbonyl (C=O) groups is 1. The molecule has 8 heteroatoms. The van der Waals surface area contributed by atoms with E-state index in [1.165, 1.54) is 24.8 Å². The number of likely N-dealkylation sites (tertiary alicyclic amines) is 1. The fourth-order valence-electron chi connectivity index (χ4n) is 3.63. The van der Waals surface area contributed by atoms with Gasteiger partial charge in [0.15, 0.2) is 0 Å². The Morgan fingerprint density at radius 3 is 2.30 bits per heavy atom. The van der Waals surface area contributed by atoms with Crippen LogP contribution in [0.5, 0.6) is 0 Å². The van der Waals surface area contributed by atoms with Crippen molar-refractivity contribution in [1.82, 2.24) is 10.2 Å². The van der Waals surface area contributed by atoms with Crippen LogP contribution in [0, 0.1) is 0 Å². The maximum absolute atomic E-state index is 12.6. The summed E-state index contributed by atoms with van der Waals surface area (Å²) in [6.45, 7) is 3.21. The second-order valence-corrected chi connectivity index (χ2v) is 10.5. The molecule has 1 aliphatic rings. The predicted octanol–water partition coefficient (Wildman–Crippen LogP) is 3.52. The van der Waals surface area contributed by atoms with Gasteiger partial charge in [-0.25, -0.2) is 8.42 Å². The van der Waals surface area contributed by atoms with Gasteiger partial charge in [0, 0.05) is 17.6 Å². The van der Waals surface area contributed by atoms with E-state index in [4.69, 9.17) is 0 Å². The minimum absolute atomic E-state index is 0.255. The molecule has 1 heterocycles. The lowest BCUT2D eigenvalue weighted by Crippen LogP contribution is -2.40. The Labute approximate surface area is 187 Å². The van der Waals surface area contributed by atoms with Gasteiger partial charge in [0.25, 0.3) is 0 Å². The molecule has 1 aliphatic heterocycles. The lowest BCUT2D eigenvalue weighted by molar-refractivity contribution is -0.119. The minimum Gasteiger partial charge on any atom is -0.350 e. The maximum Gasteiger partial charge on any atom is 0.241 e. The average Bonchev–Trinajstić information content (AvgIpc) is 2.72. The first-order chi connectivity index (χ1) is 14.3. The lowest BCUT2D eigenvalue weighted by Gasteiger charge is -2.27. The molecule has 0 saturated carbocycles. The average molecular weight is 494 g/mol. The number of nitrogens with zero attached hydrogens (tertiary/aromatic N) is 2. The number of sulfonamides is 1. The number of anilines is 1. The number of hydrogen-bond acceptors (Lipinski definition) is 4. The molecule has 30 heavy (non-hydrogen) atoms. The minimum atomic E-state index is -3.59.